The van der Waals surface area contributed by atoms with Gasteiger partial charge in [-0.3, -0.25) is 4.79 Å². The normalized spacial score (nSPS) is 17.4. The Kier molecular flexibility index (Phi) is 4.43. The molecule has 1 amide bonds. The van der Waals surface area contributed by atoms with Crippen LogP contribution < -0.4 is 5.32 Å². The maximum absolute atomic E-state index is 13.4. The number of hydrogen-bond acceptors (Lipinski definition) is 3. The number of carbonyl (C=O) groups excluding carboxylic acids is 1. The molecule has 1 unspecified atom stereocenters. The predicted molar refractivity (Wildman–Crippen MR) is 68.2 cm³/mol. The number of anilines is 1. The number of thioether (sulfide) groups is 1. The SMILES string of the molecule is O=C1CSc2ccc(S(=O)C(F)(F)C(F)(F)C(F)(F)F)cc2N1. The molecule has 128 valence electrons. The summed E-state index contributed by atoms with van der Waals surface area (Å²) in [5, 5.41) is -3.64. The smallest absolute Gasteiger partial charge is 0.324 e. The monoisotopic (exact) mass is 381 g/mol. The molecular weight excluding hydrogens is 375 g/mol. The van der Waals surface area contributed by atoms with Gasteiger partial charge in [-0.25, -0.2) is 4.21 Å². The van der Waals surface area contributed by atoms with Gasteiger partial charge in [0.1, 0.15) is 10.8 Å². The molecule has 12 heteroatoms. The van der Waals surface area contributed by atoms with Gasteiger partial charge < -0.3 is 5.32 Å². The Hall–Kier alpha value is -1.30. The Morgan fingerprint density at radius 2 is 1.70 bits per heavy atom. The fourth-order valence-corrected chi connectivity index (χ4v) is 3.46. The zero-order valence-electron chi connectivity index (χ0n) is 10.7. The fraction of sp³-hybridized carbons (Fsp3) is 0.364. The largest absolute Gasteiger partial charge is 0.461 e. The van der Waals surface area contributed by atoms with Crippen LogP contribution in [0.4, 0.5) is 36.4 Å². The second-order valence-corrected chi connectivity index (χ2v) is 6.89. The second kappa shape index (κ2) is 5.65. The van der Waals surface area contributed by atoms with Gasteiger partial charge in [0.15, 0.2) is 0 Å². The van der Waals surface area contributed by atoms with Gasteiger partial charge in [-0.05, 0) is 18.2 Å². The van der Waals surface area contributed by atoms with E-state index in [1.54, 1.807) is 0 Å². The number of amides is 1. The van der Waals surface area contributed by atoms with Gasteiger partial charge in [0.25, 0.3) is 0 Å². The number of halogens is 7. The van der Waals surface area contributed by atoms with E-state index >= 15 is 0 Å². The maximum atomic E-state index is 13.4. The average Bonchev–Trinajstić information content (AvgIpc) is 2.44. The molecule has 1 N–H and O–H groups in total. The molecule has 1 aliphatic heterocycles. The van der Waals surface area contributed by atoms with Crippen molar-refractivity contribution in [2.45, 2.75) is 27.1 Å². The number of fused-ring (bicyclic) bond motifs is 1. The molecule has 1 atom stereocenters. The maximum Gasteiger partial charge on any atom is 0.461 e. The van der Waals surface area contributed by atoms with E-state index in [0.29, 0.717) is 11.0 Å². The number of carbonyl (C=O) groups is 1. The molecule has 0 saturated heterocycles. The summed E-state index contributed by atoms with van der Waals surface area (Å²) >= 11 is 1.01. The molecule has 1 heterocycles. The van der Waals surface area contributed by atoms with E-state index in [2.05, 4.69) is 5.32 Å². The van der Waals surface area contributed by atoms with Crippen molar-refractivity contribution < 1.29 is 39.7 Å². The van der Waals surface area contributed by atoms with Crippen molar-refractivity contribution in [3.05, 3.63) is 18.2 Å². The average molecular weight is 381 g/mol. The van der Waals surface area contributed by atoms with E-state index in [1.165, 1.54) is 0 Å². The molecule has 3 nitrogen and oxygen atoms in total. The highest BCUT2D eigenvalue weighted by Gasteiger charge is 2.76. The number of hydrogen-bond donors (Lipinski definition) is 1. The summed E-state index contributed by atoms with van der Waals surface area (Å²) in [5.74, 6) is -6.96. The van der Waals surface area contributed by atoms with Crippen LogP contribution in [0.1, 0.15) is 0 Å². The lowest BCUT2D eigenvalue weighted by molar-refractivity contribution is -0.331. The van der Waals surface area contributed by atoms with Crippen LogP contribution in [-0.4, -0.2) is 33.2 Å². The highest BCUT2D eigenvalue weighted by molar-refractivity contribution is 8.00. The summed E-state index contributed by atoms with van der Waals surface area (Å²) in [4.78, 5) is 10.6. The van der Waals surface area contributed by atoms with Gasteiger partial charge >= 0.3 is 17.4 Å². The molecule has 0 fully saturated rings. The van der Waals surface area contributed by atoms with Crippen molar-refractivity contribution in [1.82, 2.24) is 0 Å². The Balaban J connectivity index is 2.41. The molecule has 0 aromatic heterocycles. The van der Waals surface area contributed by atoms with Crippen molar-refractivity contribution in [3.8, 4) is 0 Å². The zero-order chi connectivity index (χ0) is 17.6. The summed E-state index contributed by atoms with van der Waals surface area (Å²) in [6, 6.07) is 2.55. The van der Waals surface area contributed by atoms with Gasteiger partial charge in [0.2, 0.25) is 5.91 Å². The summed E-state index contributed by atoms with van der Waals surface area (Å²) in [7, 11) is -3.98. The first kappa shape index (κ1) is 18.0. The minimum absolute atomic E-state index is 0.0255. The van der Waals surface area contributed by atoms with Crippen LogP contribution in [0, 0.1) is 0 Å². The number of benzene rings is 1. The first-order chi connectivity index (χ1) is 10.4. The van der Waals surface area contributed by atoms with E-state index in [-0.39, 0.29) is 11.4 Å². The standard InChI is InChI=1S/C11H6F7NO2S2/c12-9(13,10(14,15)16)11(17,18)23(21)5-1-2-7-6(3-5)19-8(20)4-22-7/h1-3H,4H2,(H,19,20). The van der Waals surface area contributed by atoms with E-state index in [1.807, 2.05) is 0 Å². The van der Waals surface area contributed by atoms with Gasteiger partial charge in [-0.2, -0.15) is 30.7 Å². The first-order valence-corrected chi connectivity index (χ1v) is 7.82. The van der Waals surface area contributed by atoms with Crippen LogP contribution in [0.2, 0.25) is 0 Å². The van der Waals surface area contributed by atoms with E-state index in [0.717, 1.165) is 23.9 Å². The van der Waals surface area contributed by atoms with E-state index in [9.17, 15) is 39.7 Å². The van der Waals surface area contributed by atoms with Crippen LogP contribution in [0.15, 0.2) is 28.0 Å². The highest BCUT2D eigenvalue weighted by atomic mass is 32.2. The van der Waals surface area contributed by atoms with Crippen molar-refractivity contribution >= 4 is 34.2 Å². The lowest BCUT2D eigenvalue weighted by Gasteiger charge is -2.27. The zero-order valence-corrected chi connectivity index (χ0v) is 12.4. The summed E-state index contributed by atoms with van der Waals surface area (Å²) in [6.07, 6.45) is -6.57. The summed E-state index contributed by atoms with van der Waals surface area (Å²) < 4.78 is 101. The van der Waals surface area contributed by atoms with Gasteiger partial charge in [0, 0.05) is 9.79 Å². The molecule has 1 aromatic rings. The number of rotatable bonds is 3. The minimum Gasteiger partial charge on any atom is -0.324 e. The van der Waals surface area contributed by atoms with Crippen LogP contribution in [-0.2, 0) is 15.6 Å². The van der Waals surface area contributed by atoms with Gasteiger partial charge in [0.05, 0.1) is 11.4 Å². The third-order valence-corrected chi connectivity index (χ3v) is 5.23. The molecule has 2 rings (SSSR count). The van der Waals surface area contributed by atoms with Gasteiger partial charge in [-0.1, -0.05) is 0 Å². The number of alkyl halides is 7. The molecule has 0 bridgehead atoms. The molecule has 1 aliphatic rings. The lowest BCUT2D eigenvalue weighted by atomic mass is 10.3. The summed E-state index contributed by atoms with van der Waals surface area (Å²) in [6.45, 7) is 0. The first-order valence-electron chi connectivity index (χ1n) is 5.69. The third kappa shape index (κ3) is 3.05. The highest BCUT2D eigenvalue weighted by Crippen LogP contribution is 2.49. The van der Waals surface area contributed by atoms with Crippen LogP contribution in [0.5, 0.6) is 0 Å². The van der Waals surface area contributed by atoms with Gasteiger partial charge in [-0.15, -0.1) is 11.8 Å². The molecular formula is C11H6F7NO2S2. The predicted octanol–water partition coefficient (Wildman–Crippen LogP) is 3.63. The third-order valence-electron chi connectivity index (χ3n) is 2.75. The molecule has 23 heavy (non-hydrogen) atoms. The minimum atomic E-state index is -6.57. The quantitative estimate of drug-likeness (QED) is 0.814. The van der Waals surface area contributed by atoms with Crippen molar-refractivity contribution in [2.75, 3.05) is 11.1 Å². The Labute approximate surface area is 131 Å². The second-order valence-electron chi connectivity index (χ2n) is 4.35. The molecule has 0 radical (unpaired) electrons. The van der Waals surface area contributed by atoms with Crippen molar-refractivity contribution in [2.24, 2.45) is 0 Å². The molecule has 0 aliphatic carbocycles. The van der Waals surface area contributed by atoms with Crippen molar-refractivity contribution in [3.63, 3.8) is 0 Å². The molecule has 0 spiro atoms. The number of nitrogens with one attached hydrogen (secondary N) is 1. The van der Waals surface area contributed by atoms with E-state index in [4.69, 9.17) is 0 Å². The molecule has 0 saturated carbocycles. The van der Waals surface area contributed by atoms with E-state index < -0.39 is 39.0 Å². The lowest BCUT2D eigenvalue weighted by Crippen LogP contribution is -2.54. The van der Waals surface area contributed by atoms with Crippen LogP contribution in [0.25, 0.3) is 0 Å². The summed E-state index contributed by atoms with van der Waals surface area (Å²) in [5.41, 5.74) is -0.0803. The fourth-order valence-electron chi connectivity index (χ4n) is 1.61. The van der Waals surface area contributed by atoms with Crippen LogP contribution in [0.3, 0.4) is 0 Å². The molecule has 1 aromatic carbocycles. The Bertz CT molecular complexity index is 675. The van der Waals surface area contributed by atoms with Crippen LogP contribution >= 0.6 is 11.8 Å². The topological polar surface area (TPSA) is 46.2 Å². The van der Waals surface area contributed by atoms with Crippen molar-refractivity contribution in [1.29, 1.82) is 0 Å². The Morgan fingerprint density at radius 3 is 2.26 bits per heavy atom. The Morgan fingerprint density at radius 1 is 1.09 bits per heavy atom.